The average molecular weight is 484 g/mol. The maximum Gasteiger partial charge on any atom is 0.256 e. The van der Waals surface area contributed by atoms with Gasteiger partial charge in [-0.15, -0.1) is 0 Å². The van der Waals surface area contributed by atoms with E-state index >= 15 is 0 Å². The number of anilines is 2. The van der Waals surface area contributed by atoms with Gasteiger partial charge in [0.05, 0.1) is 11.2 Å². The van der Waals surface area contributed by atoms with Crippen LogP contribution in [0, 0.1) is 0 Å². The van der Waals surface area contributed by atoms with Gasteiger partial charge in [-0.3, -0.25) is 14.7 Å². The zero-order chi connectivity index (χ0) is 24.7. The Balaban J connectivity index is 1.25. The third-order valence-electron chi connectivity index (χ3n) is 6.20. The summed E-state index contributed by atoms with van der Waals surface area (Å²) < 4.78 is 12.1. The Kier molecular flexibility index (Phi) is 7.23. The van der Waals surface area contributed by atoms with Crippen molar-refractivity contribution in [2.24, 2.45) is 0 Å². The number of fused-ring (bicyclic) bond motifs is 1. The van der Waals surface area contributed by atoms with Gasteiger partial charge in [0, 0.05) is 36.0 Å². The van der Waals surface area contributed by atoms with Crippen molar-refractivity contribution in [3.05, 3.63) is 78.6 Å². The molecule has 5 rings (SSSR count). The number of hydrogen-bond donors (Lipinski definition) is 2. The highest BCUT2D eigenvalue weighted by Crippen LogP contribution is 2.34. The fourth-order valence-electron chi connectivity index (χ4n) is 4.27. The van der Waals surface area contributed by atoms with Gasteiger partial charge in [0.1, 0.15) is 29.7 Å². The van der Waals surface area contributed by atoms with Crippen LogP contribution in [0.1, 0.15) is 29.6 Å². The molecule has 2 aromatic heterocycles. The number of aromatic nitrogens is 2. The van der Waals surface area contributed by atoms with E-state index in [0.717, 1.165) is 30.5 Å². The molecule has 184 valence electrons. The smallest absolute Gasteiger partial charge is 0.256 e. The lowest BCUT2D eigenvalue weighted by molar-refractivity contribution is 0.102. The lowest BCUT2D eigenvalue weighted by atomic mass is 10.1. The van der Waals surface area contributed by atoms with E-state index in [-0.39, 0.29) is 5.91 Å². The number of likely N-dealkylation sites (tertiary alicyclic amines) is 1. The van der Waals surface area contributed by atoms with Crippen LogP contribution in [0.5, 0.6) is 17.2 Å². The molecular formula is C28H29N5O3. The Bertz CT molecular complexity index is 1320. The molecule has 0 aliphatic carbocycles. The minimum atomic E-state index is -0.241. The predicted molar refractivity (Wildman–Crippen MR) is 141 cm³/mol. The number of pyridine rings is 2. The van der Waals surface area contributed by atoms with Crippen LogP contribution in [0.15, 0.2) is 73.1 Å². The molecule has 0 atom stereocenters. The van der Waals surface area contributed by atoms with Gasteiger partial charge in [-0.25, -0.2) is 4.98 Å². The highest BCUT2D eigenvalue weighted by molar-refractivity contribution is 6.03. The summed E-state index contributed by atoms with van der Waals surface area (Å²) in [6.07, 6.45) is 7.15. The van der Waals surface area contributed by atoms with Gasteiger partial charge in [0.2, 0.25) is 0 Å². The van der Waals surface area contributed by atoms with Gasteiger partial charge in [-0.1, -0.05) is 12.5 Å². The van der Waals surface area contributed by atoms with Gasteiger partial charge in [0.25, 0.3) is 5.91 Å². The van der Waals surface area contributed by atoms with E-state index in [1.807, 2.05) is 18.2 Å². The molecule has 3 N–H and O–H groups in total. The van der Waals surface area contributed by atoms with Gasteiger partial charge in [-0.05, 0) is 74.5 Å². The lowest BCUT2D eigenvalue weighted by Crippen LogP contribution is -2.33. The van der Waals surface area contributed by atoms with Crippen molar-refractivity contribution < 1.29 is 14.3 Å². The Morgan fingerprint density at radius 1 is 0.944 bits per heavy atom. The number of nitrogens with one attached hydrogen (secondary N) is 1. The van der Waals surface area contributed by atoms with Gasteiger partial charge in [0.15, 0.2) is 0 Å². The molecule has 1 fully saturated rings. The van der Waals surface area contributed by atoms with Gasteiger partial charge in [-0.2, -0.15) is 0 Å². The van der Waals surface area contributed by atoms with Crippen LogP contribution in [0.4, 0.5) is 11.5 Å². The minimum absolute atomic E-state index is 0.241. The maximum absolute atomic E-state index is 12.5. The molecule has 0 bridgehead atoms. The van der Waals surface area contributed by atoms with Crippen LogP contribution >= 0.6 is 0 Å². The molecule has 0 unspecified atom stereocenters. The van der Waals surface area contributed by atoms with Crippen molar-refractivity contribution >= 4 is 28.3 Å². The first-order valence-electron chi connectivity index (χ1n) is 12.2. The Morgan fingerprint density at radius 2 is 1.78 bits per heavy atom. The molecule has 2 aromatic carbocycles. The number of carbonyl (C=O) groups is 1. The normalized spacial score (nSPS) is 13.9. The topological polar surface area (TPSA) is 103 Å². The van der Waals surface area contributed by atoms with Gasteiger partial charge >= 0.3 is 0 Å². The van der Waals surface area contributed by atoms with Crippen molar-refractivity contribution in [1.82, 2.24) is 14.9 Å². The summed E-state index contributed by atoms with van der Waals surface area (Å²) in [6.45, 7) is 3.75. The van der Waals surface area contributed by atoms with E-state index in [1.54, 1.807) is 54.9 Å². The summed E-state index contributed by atoms with van der Waals surface area (Å²) in [5, 5.41) is 3.56. The summed E-state index contributed by atoms with van der Waals surface area (Å²) >= 11 is 0. The predicted octanol–water partition coefficient (Wildman–Crippen LogP) is 5.12. The zero-order valence-corrected chi connectivity index (χ0v) is 20.0. The number of ether oxygens (including phenoxy) is 2. The average Bonchev–Trinajstić information content (AvgIpc) is 2.91. The van der Waals surface area contributed by atoms with Crippen molar-refractivity contribution in [1.29, 1.82) is 0 Å². The monoisotopic (exact) mass is 483 g/mol. The Morgan fingerprint density at radius 3 is 2.56 bits per heavy atom. The number of amides is 1. The van der Waals surface area contributed by atoms with E-state index < -0.39 is 0 Å². The van der Waals surface area contributed by atoms with Crippen molar-refractivity contribution in [2.45, 2.75) is 19.3 Å². The minimum Gasteiger partial charge on any atom is -0.490 e. The first kappa shape index (κ1) is 23.6. The van der Waals surface area contributed by atoms with Crippen molar-refractivity contribution in [3.63, 3.8) is 0 Å². The fourth-order valence-corrected chi connectivity index (χ4v) is 4.27. The Hall–Kier alpha value is -4.17. The highest BCUT2D eigenvalue weighted by atomic mass is 16.5. The standard InChI is InChI=1S/C28H29N5O3/c29-23-18-22-24(19-26(23)35-17-16-33-14-4-1-5-15-33)30-13-11-25(22)36-21-9-7-20(8-10-21)28(34)32-27-6-2-3-12-31-27/h2-3,6-13,18-19H,1,4-5,14-17,29H2,(H,31,32,34). The Labute approximate surface area is 210 Å². The zero-order valence-electron chi connectivity index (χ0n) is 20.0. The van der Waals surface area contributed by atoms with E-state index in [9.17, 15) is 4.79 Å². The third-order valence-corrected chi connectivity index (χ3v) is 6.20. The van der Waals surface area contributed by atoms with Crippen molar-refractivity contribution in [3.8, 4) is 17.2 Å². The third kappa shape index (κ3) is 5.72. The summed E-state index contributed by atoms with van der Waals surface area (Å²) in [7, 11) is 0. The molecule has 0 saturated carbocycles. The molecule has 1 aliphatic rings. The molecule has 3 heterocycles. The van der Waals surface area contributed by atoms with Crippen LogP contribution in [0.25, 0.3) is 10.9 Å². The molecular weight excluding hydrogens is 454 g/mol. The molecule has 8 nitrogen and oxygen atoms in total. The second-order valence-corrected chi connectivity index (χ2v) is 8.76. The number of carbonyl (C=O) groups excluding carboxylic acids is 1. The molecule has 1 saturated heterocycles. The van der Waals surface area contributed by atoms with E-state index in [0.29, 0.717) is 40.9 Å². The summed E-state index contributed by atoms with van der Waals surface area (Å²) in [5.41, 5.74) is 8.10. The van der Waals surface area contributed by atoms with Crippen LogP contribution in [0.3, 0.4) is 0 Å². The summed E-state index contributed by atoms with van der Waals surface area (Å²) in [6, 6.07) is 17.8. The molecule has 1 amide bonds. The van der Waals surface area contributed by atoms with Crippen molar-refractivity contribution in [2.75, 3.05) is 37.3 Å². The van der Waals surface area contributed by atoms with E-state index in [1.165, 1.54) is 19.3 Å². The molecule has 36 heavy (non-hydrogen) atoms. The summed E-state index contributed by atoms with van der Waals surface area (Å²) in [4.78, 5) is 23.5. The lowest BCUT2D eigenvalue weighted by Gasteiger charge is -2.26. The number of hydrogen-bond acceptors (Lipinski definition) is 7. The number of nitrogens with zero attached hydrogens (tertiary/aromatic N) is 3. The van der Waals surface area contributed by atoms with Crippen LogP contribution in [-0.4, -0.2) is 47.0 Å². The van der Waals surface area contributed by atoms with E-state index in [4.69, 9.17) is 15.2 Å². The number of nitrogen functional groups attached to an aromatic ring is 1. The maximum atomic E-state index is 12.5. The number of nitrogens with two attached hydrogens (primary N) is 1. The highest BCUT2D eigenvalue weighted by Gasteiger charge is 2.13. The first-order chi connectivity index (χ1) is 17.7. The van der Waals surface area contributed by atoms with Gasteiger partial charge < -0.3 is 20.5 Å². The molecule has 4 aromatic rings. The first-order valence-corrected chi connectivity index (χ1v) is 12.2. The molecule has 0 spiro atoms. The van der Waals surface area contributed by atoms with Crippen LogP contribution in [0.2, 0.25) is 0 Å². The second-order valence-electron chi connectivity index (χ2n) is 8.76. The molecule has 1 aliphatic heterocycles. The molecule has 0 radical (unpaired) electrons. The quantitative estimate of drug-likeness (QED) is 0.335. The molecule has 8 heteroatoms. The summed E-state index contributed by atoms with van der Waals surface area (Å²) in [5.74, 6) is 2.11. The fraction of sp³-hybridized carbons (Fsp3) is 0.250. The van der Waals surface area contributed by atoms with Crippen LogP contribution in [-0.2, 0) is 0 Å². The van der Waals surface area contributed by atoms with Crippen LogP contribution < -0.4 is 20.5 Å². The second kappa shape index (κ2) is 11.0. The number of rotatable bonds is 8. The largest absolute Gasteiger partial charge is 0.490 e. The number of benzene rings is 2. The van der Waals surface area contributed by atoms with E-state index in [2.05, 4.69) is 20.2 Å². The number of piperidine rings is 1. The SMILES string of the molecule is Nc1cc2c(Oc3ccc(C(=O)Nc4ccccn4)cc3)ccnc2cc1OCCN1CCCCC1.